The summed E-state index contributed by atoms with van der Waals surface area (Å²) in [5.41, 5.74) is 5.30. The highest BCUT2D eigenvalue weighted by Crippen LogP contribution is 2.35. The molecule has 2 saturated carbocycles. The van der Waals surface area contributed by atoms with Crippen LogP contribution in [0.5, 0.6) is 0 Å². The van der Waals surface area contributed by atoms with E-state index in [0.717, 1.165) is 5.92 Å². The average Bonchev–Trinajstić information content (AvgIpc) is 2.96. The molecule has 0 aromatic rings. The van der Waals surface area contributed by atoms with Crippen molar-refractivity contribution in [2.45, 2.75) is 122 Å². The maximum atomic E-state index is 9.71. The van der Waals surface area contributed by atoms with Gasteiger partial charge in [-0.25, -0.2) is 0 Å². The lowest BCUT2D eigenvalue weighted by Crippen LogP contribution is -2.48. The molecular formula is C21H43BI2N2O2. The van der Waals surface area contributed by atoms with Gasteiger partial charge in [0.1, 0.15) is 0 Å². The minimum absolute atomic E-state index is 0.0292. The summed E-state index contributed by atoms with van der Waals surface area (Å²) in [6.45, 7) is 10.2. The average molecular weight is 620 g/mol. The highest BCUT2D eigenvalue weighted by Gasteiger charge is 2.44. The first-order valence-corrected chi connectivity index (χ1v) is 17.5. The Morgan fingerprint density at radius 2 is 1.50 bits per heavy atom. The van der Waals surface area contributed by atoms with Gasteiger partial charge in [0, 0.05) is 49.3 Å². The molecule has 0 aromatic carbocycles. The van der Waals surface area contributed by atoms with Crippen LogP contribution in [-0.2, 0) is 4.65 Å². The molecule has 4 N–H and O–H groups in total. The zero-order valence-corrected chi connectivity index (χ0v) is 23.0. The fraction of sp³-hybridized carbons (Fsp3) is 1.00. The third-order valence-corrected chi connectivity index (χ3v) is 6.74. The molecule has 2 unspecified atom stereocenters. The Kier molecular flexibility index (Phi) is 12.8. The Labute approximate surface area is 197 Å². The van der Waals surface area contributed by atoms with Crippen LogP contribution in [0, 0.1) is 11.8 Å². The second-order valence-corrected chi connectivity index (χ2v) is 9.98. The molecule has 0 aromatic heterocycles. The van der Waals surface area contributed by atoms with E-state index >= 15 is 0 Å². The molecule has 0 radical (unpaired) electrons. The van der Waals surface area contributed by atoms with Crippen LogP contribution >= 0.6 is 37.2 Å². The number of nitrogens with two attached hydrogens (primary N) is 1. The summed E-state index contributed by atoms with van der Waals surface area (Å²) in [6.07, 6.45) is 13.3. The Bertz CT molecular complexity index is 423. The van der Waals surface area contributed by atoms with Gasteiger partial charge in [-0.3, -0.25) is 0 Å². The molecule has 1 heterocycles. The summed E-state index contributed by atoms with van der Waals surface area (Å²) in [6, 6.07) is 0.524. The quantitative estimate of drug-likeness (QED) is 0.272. The predicted octanol–water partition coefficient (Wildman–Crippen LogP) is 5.89. The Morgan fingerprint density at radius 1 is 1.04 bits per heavy atom. The number of aliphatic hydroxyl groups is 1. The molecule has 3 rings (SSSR count). The fourth-order valence-electron chi connectivity index (χ4n) is 5.26. The summed E-state index contributed by atoms with van der Waals surface area (Å²) in [4.78, 5) is 0. The maximum absolute atomic E-state index is 9.71. The van der Waals surface area contributed by atoms with Crippen molar-refractivity contribution in [2.75, 3.05) is 0 Å². The van der Waals surface area contributed by atoms with Gasteiger partial charge in [0.15, 0.2) is 0 Å². The highest BCUT2D eigenvalue weighted by atomic mass is 128. The molecule has 28 heavy (non-hydrogen) atoms. The highest BCUT2D eigenvalue weighted by molar-refractivity contribution is 15.0. The Morgan fingerprint density at radius 3 is 1.89 bits per heavy atom. The van der Waals surface area contributed by atoms with Gasteiger partial charge in [-0.1, -0.05) is 38.5 Å². The van der Waals surface area contributed by atoms with E-state index in [1.165, 1.54) is 64.2 Å². The molecule has 3 aliphatic rings. The van der Waals surface area contributed by atoms with Gasteiger partial charge in [-0.15, -0.1) is 0 Å². The van der Waals surface area contributed by atoms with Gasteiger partial charge in [-0.2, -0.15) is 0 Å². The zero-order chi connectivity index (χ0) is 21.4. The van der Waals surface area contributed by atoms with E-state index in [2.05, 4.69) is 63.1 Å². The van der Waals surface area contributed by atoms with Crippen LogP contribution < -0.4 is 11.0 Å². The van der Waals surface area contributed by atoms with Crippen molar-refractivity contribution in [3.05, 3.63) is 0 Å². The molecule has 4 nitrogen and oxygen atoms in total. The second kappa shape index (κ2) is 13.0. The standard InChI is InChI=1S/C11H22BNO.C10H21NO.I2/c1-11(2)10(13-12(3)14-11)9-7-5-4-6-8-9;1-10(2,12)9(11)8-6-4-3-5-7-8;1-2/h9-10,13H,4-8H2,1-3H3;8-9,12H,3-7,11H2,1-2H3;. The molecule has 0 spiro atoms. The smallest absolute Gasteiger partial charge is 0.377 e. The van der Waals surface area contributed by atoms with E-state index in [4.69, 9.17) is 10.4 Å². The van der Waals surface area contributed by atoms with Crippen molar-refractivity contribution in [3.8, 4) is 0 Å². The van der Waals surface area contributed by atoms with E-state index in [-0.39, 0.29) is 18.7 Å². The fourth-order valence-corrected chi connectivity index (χ4v) is 5.26. The molecule has 1 saturated heterocycles. The summed E-state index contributed by atoms with van der Waals surface area (Å²) in [5, 5.41) is 13.3. The minimum Gasteiger partial charge on any atom is -0.415 e. The summed E-state index contributed by atoms with van der Waals surface area (Å²) in [7, 11) is 0.233. The lowest BCUT2D eigenvalue weighted by Gasteiger charge is -2.35. The van der Waals surface area contributed by atoms with Crippen LogP contribution in [0.3, 0.4) is 0 Å². The van der Waals surface area contributed by atoms with Crippen molar-refractivity contribution < 1.29 is 9.76 Å². The summed E-state index contributed by atoms with van der Waals surface area (Å²) in [5.74, 6) is 1.38. The van der Waals surface area contributed by atoms with E-state index < -0.39 is 5.60 Å². The van der Waals surface area contributed by atoms with E-state index in [1.54, 1.807) is 0 Å². The zero-order valence-electron chi connectivity index (χ0n) is 18.6. The van der Waals surface area contributed by atoms with E-state index in [1.807, 2.05) is 13.8 Å². The number of nitrogens with one attached hydrogen (secondary N) is 1. The van der Waals surface area contributed by atoms with Gasteiger partial charge in [0.05, 0.1) is 11.2 Å². The van der Waals surface area contributed by atoms with E-state index in [9.17, 15) is 5.11 Å². The lowest BCUT2D eigenvalue weighted by atomic mass is 9.77. The Balaban J connectivity index is 0.000000260. The first-order valence-electron chi connectivity index (χ1n) is 11.2. The van der Waals surface area contributed by atoms with Crippen LogP contribution in [0.2, 0.25) is 6.82 Å². The molecule has 3 fully saturated rings. The minimum atomic E-state index is -0.706. The lowest BCUT2D eigenvalue weighted by molar-refractivity contribution is 0.0229. The Hall–Kier alpha value is 1.36. The van der Waals surface area contributed by atoms with Crippen LogP contribution in [0.15, 0.2) is 0 Å². The number of hydrogen-bond donors (Lipinski definition) is 3. The van der Waals surface area contributed by atoms with Crippen LogP contribution in [0.4, 0.5) is 0 Å². The summed E-state index contributed by atoms with van der Waals surface area (Å²) < 4.78 is 5.90. The third kappa shape index (κ3) is 8.85. The molecule has 0 amide bonds. The van der Waals surface area contributed by atoms with Crippen LogP contribution in [0.1, 0.15) is 91.9 Å². The molecular weight excluding hydrogens is 577 g/mol. The van der Waals surface area contributed by atoms with Crippen molar-refractivity contribution >= 4 is 44.3 Å². The van der Waals surface area contributed by atoms with Gasteiger partial charge in [0.25, 0.3) is 0 Å². The molecule has 0 bridgehead atoms. The normalized spacial score (nSPS) is 27.3. The number of hydrogen-bond acceptors (Lipinski definition) is 4. The third-order valence-electron chi connectivity index (χ3n) is 6.74. The molecule has 7 heteroatoms. The topological polar surface area (TPSA) is 67.5 Å². The van der Waals surface area contributed by atoms with E-state index in [0.29, 0.717) is 12.0 Å². The number of rotatable bonds is 3. The first-order chi connectivity index (χ1) is 13.1. The van der Waals surface area contributed by atoms with Gasteiger partial charge < -0.3 is 20.7 Å². The van der Waals surface area contributed by atoms with Crippen molar-refractivity contribution in [1.82, 2.24) is 5.23 Å². The second-order valence-electron chi connectivity index (χ2n) is 9.98. The summed E-state index contributed by atoms with van der Waals surface area (Å²) >= 11 is 4.24. The monoisotopic (exact) mass is 620 g/mol. The SMILES string of the molecule is CB1NC(C2CCCCC2)C(C)(C)O1.CC(C)(O)C(N)C1CCCCC1.II. The van der Waals surface area contributed by atoms with Crippen molar-refractivity contribution in [3.63, 3.8) is 0 Å². The van der Waals surface area contributed by atoms with Crippen LogP contribution in [-0.4, -0.2) is 35.4 Å². The molecule has 166 valence electrons. The predicted molar refractivity (Wildman–Crippen MR) is 139 cm³/mol. The largest absolute Gasteiger partial charge is 0.415 e. The number of halogens is 2. The van der Waals surface area contributed by atoms with Gasteiger partial charge >= 0.3 is 7.05 Å². The van der Waals surface area contributed by atoms with Gasteiger partial charge in [0.2, 0.25) is 0 Å². The van der Waals surface area contributed by atoms with Gasteiger partial charge in [-0.05, 0) is 72.0 Å². The van der Waals surface area contributed by atoms with Crippen LogP contribution in [0.25, 0.3) is 0 Å². The molecule has 1 aliphatic heterocycles. The maximum Gasteiger partial charge on any atom is 0.377 e. The van der Waals surface area contributed by atoms with Crippen molar-refractivity contribution in [2.24, 2.45) is 17.6 Å². The first kappa shape index (κ1) is 27.4. The molecule has 2 aliphatic carbocycles. The van der Waals surface area contributed by atoms with Crippen molar-refractivity contribution in [1.29, 1.82) is 0 Å². The molecule has 2 atom stereocenters.